The molecule has 0 aliphatic rings. The van der Waals surface area contributed by atoms with Crippen LogP contribution in [0.15, 0.2) is 42.5 Å². The maximum absolute atomic E-state index is 6.06. The Morgan fingerprint density at radius 3 is 2.71 bits per heavy atom. The van der Waals surface area contributed by atoms with Gasteiger partial charge in [0, 0.05) is 12.5 Å². The van der Waals surface area contributed by atoms with Gasteiger partial charge in [0.15, 0.2) is 11.5 Å². The van der Waals surface area contributed by atoms with E-state index < -0.39 is 0 Å². The number of fused-ring (bicyclic) bond motifs is 1. The van der Waals surface area contributed by atoms with E-state index in [9.17, 15) is 0 Å². The topological polar surface area (TPSA) is 57.4 Å². The van der Waals surface area contributed by atoms with E-state index in [2.05, 4.69) is 12.1 Å². The van der Waals surface area contributed by atoms with Gasteiger partial charge in [0.1, 0.15) is 0 Å². The molecule has 0 amide bonds. The minimum atomic E-state index is 0.160. The van der Waals surface area contributed by atoms with Crippen molar-refractivity contribution in [2.75, 3.05) is 20.3 Å². The third-order valence-corrected chi connectivity index (χ3v) is 5.17. The summed E-state index contributed by atoms with van der Waals surface area (Å²) in [5.74, 6) is 1.73. The van der Waals surface area contributed by atoms with Crippen LogP contribution in [-0.2, 0) is 6.42 Å². The Labute approximate surface area is 146 Å². The Bertz CT molecular complexity index is 783. The van der Waals surface area contributed by atoms with Gasteiger partial charge in [-0.05, 0) is 37.1 Å². The highest BCUT2D eigenvalue weighted by Crippen LogP contribution is 2.35. The first-order valence-electron chi connectivity index (χ1n) is 8.11. The van der Waals surface area contributed by atoms with Gasteiger partial charge in [0.05, 0.1) is 28.9 Å². The number of ether oxygens (including phenoxy) is 2. The van der Waals surface area contributed by atoms with Crippen LogP contribution in [0, 0.1) is 0 Å². The van der Waals surface area contributed by atoms with Gasteiger partial charge in [-0.25, -0.2) is 4.98 Å². The van der Waals surface area contributed by atoms with Crippen LogP contribution < -0.4 is 15.2 Å². The monoisotopic (exact) mass is 342 g/mol. The van der Waals surface area contributed by atoms with E-state index in [1.165, 1.54) is 4.70 Å². The SMILES string of the molecule is CCOc1cccc(CC(CN)c2nc3ccccc3s2)c1OC. The molecule has 0 aliphatic heterocycles. The van der Waals surface area contributed by atoms with Crippen LogP contribution >= 0.6 is 11.3 Å². The first-order valence-corrected chi connectivity index (χ1v) is 8.92. The number of aromatic nitrogens is 1. The summed E-state index contributed by atoms with van der Waals surface area (Å²) in [5.41, 5.74) is 8.19. The molecule has 1 atom stereocenters. The van der Waals surface area contributed by atoms with Gasteiger partial charge < -0.3 is 15.2 Å². The smallest absolute Gasteiger partial charge is 0.163 e. The highest BCUT2D eigenvalue weighted by molar-refractivity contribution is 7.18. The maximum Gasteiger partial charge on any atom is 0.163 e. The summed E-state index contributed by atoms with van der Waals surface area (Å²) >= 11 is 1.71. The fourth-order valence-electron chi connectivity index (χ4n) is 2.82. The number of nitrogens with zero attached hydrogens (tertiary/aromatic N) is 1. The lowest BCUT2D eigenvalue weighted by atomic mass is 9.99. The number of hydrogen-bond donors (Lipinski definition) is 1. The van der Waals surface area contributed by atoms with Gasteiger partial charge in [-0.3, -0.25) is 0 Å². The molecular formula is C19H22N2O2S. The quantitative estimate of drug-likeness (QED) is 0.705. The molecule has 0 saturated heterocycles. The largest absolute Gasteiger partial charge is 0.493 e. The first kappa shape index (κ1) is 16.7. The summed E-state index contributed by atoms with van der Waals surface area (Å²) in [7, 11) is 1.68. The number of hydrogen-bond acceptors (Lipinski definition) is 5. The molecular weight excluding hydrogens is 320 g/mol. The van der Waals surface area contributed by atoms with E-state index in [1.807, 2.05) is 37.3 Å². The van der Waals surface area contributed by atoms with Crippen molar-refractivity contribution in [1.29, 1.82) is 0 Å². The zero-order chi connectivity index (χ0) is 16.9. The van der Waals surface area contributed by atoms with Gasteiger partial charge in [0.25, 0.3) is 0 Å². The third kappa shape index (κ3) is 3.37. The molecule has 0 fully saturated rings. The molecule has 4 nitrogen and oxygen atoms in total. The number of methoxy groups -OCH3 is 1. The molecule has 0 radical (unpaired) electrons. The first-order chi connectivity index (χ1) is 11.8. The Hall–Kier alpha value is -2.11. The lowest BCUT2D eigenvalue weighted by Crippen LogP contribution is -2.15. The van der Waals surface area contributed by atoms with Crippen LogP contribution in [0.2, 0.25) is 0 Å². The second-order valence-electron chi connectivity index (χ2n) is 5.54. The van der Waals surface area contributed by atoms with Gasteiger partial charge >= 0.3 is 0 Å². The van der Waals surface area contributed by atoms with Crippen molar-refractivity contribution in [3.05, 3.63) is 53.0 Å². The summed E-state index contributed by atoms with van der Waals surface area (Å²) in [5, 5.41) is 1.07. The summed E-state index contributed by atoms with van der Waals surface area (Å²) in [6.45, 7) is 3.12. The molecule has 1 aromatic heterocycles. The van der Waals surface area contributed by atoms with Crippen molar-refractivity contribution in [2.45, 2.75) is 19.3 Å². The van der Waals surface area contributed by atoms with E-state index in [0.717, 1.165) is 34.0 Å². The molecule has 0 aliphatic carbocycles. The normalized spacial score (nSPS) is 12.3. The second-order valence-corrected chi connectivity index (χ2v) is 6.60. The predicted molar refractivity (Wildman–Crippen MR) is 99.3 cm³/mol. The zero-order valence-corrected chi connectivity index (χ0v) is 14.8. The summed E-state index contributed by atoms with van der Waals surface area (Å²) in [6.07, 6.45) is 0.778. The van der Waals surface area contributed by atoms with E-state index in [-0.39, 0.29) is 5.92 Å². The van der Waals surface area contributed by atoms with Crippen molar-refractivity contribution < 1.29 is 9.47 Å². The van der Waals surface area contributed by atoms with Crippen molar-refractivity contribution in [3.63, 3.8) is 0 Å². The molecule has 5 heteroatoms. The van der Waals surface area contributed by atoms with E-state index >= 15 is 0 Å². The summed E-state index contributed by atoms with van der Waals surface area (Å²) in [4.78, 5) is 4.76. The van der Waals surface area contributed by atoms with Crippen LogP contribution in [-0.4, -0.2) is 25.2 Å². The molecule has 3 aromatic rings. The van der Waals surface area contributed by atoms with Crippen molar-refractivity contribution in [1.82, 2.24) is 4.98 Å². The average molecular weight is 342 g/mol. The molecule has 2 N–H and O–H groups in total. The molecule has 0 bridgehead atoms. The van der Waals surface area contributed by atoms with Crippen LogP contribution in [0.1, 0.15) is 23.4 Å². The molecule has 2 aromatic carbocycles. The minimum Gasteiger partial charge on any atom is -0.493 e. The lowest BCUT2D eigenvalue weighted by Gasteiger charge is -2.17. The van der Waals surface area contributed by atoms with Gasteiger partial charge in [-0.2, -0.15) is 0 Å². The average Bonchev–Trinajstić information content (AvgIpc) is 3.04. The number of thiazole rings is 1. The predicted octanol–water partition coefficient (Wildman–Crippen LogP) is 3.99. The van der Waals surface area contributed by atoms with Crippen LogP contribution in [0.4, 0.5) is 0 Å². The molecule has 1 unspecified atom stereocenters. The van der Waals surface area contributed by atoms with E-state index in [4.69, 9.17) is 20.2 Å². The Morgan fingerprint density at radius 2 is 2.00 bits per heavy atom. The zero-order valence-electron chi connectivity index (χ0n) is 14.0. The highest BCUT2D eigenvalue weighted by Gasteiger charge is 2.19. The third-order valence-electron chi connectivity index (χ3n) is 3.97. The lowest BCUT2D eigenvalue weighted by molar-refractivity contribution is 0.309. The van der Waals surface area contributed by atoms with Gasteiger partial charge in [-0.1, -0.05) is 24.3 Å². The molecule has 0 spiro atoms. The van der Waals surface area contributed by atoms with E-state index in [1.54, 1.807) is 18.4 Å². The van der Waals surface area contributed by atoms with Crippen molar-refractivity contribution >= 4 is 21.6 Å². The number of rotatable bonds is 7. The van der Waals surface area contributed by atoms with Crippen molar-refractivity contribution in [2.24, 2.45) is 5.73 Å². The summed E-state index contributed by atoms with van der Waals surface area (Å²) < 4.78 is 12.4. The molecule has 24 heavy (non-hydrogen) atoms. The van der Waals surface area contributed by atoms with Crippen LogP contribution in [0.3, 0.4) is 0 Å². The summed E-state index contributed by atoms with van der Waals surface area (Å²) in [6, 6.07) is 14.2. The number of para-hydroxylation sites is 2. The number of nitrogens with two attached hydrogens (primary N) is 1. The fourth-order valence-corrected chi connectivity index (χ4v) is 3.90. The van der Waals surface area contributed by atoms with E-state index in [0.29, 0.717) is 13.2 Å². The second kappa shape index (κ2) is 7.64. The van der Waals surface area contributed by atoms with Gasteiger partial charge in [-0.15, -0.1) is 11.3 Å². The Balaban J connectivity index is 1.91. The van der Waals surface area contributed by atoms with Crippen molar-refractivity contribution in [3.8, 4) is 11.5 Å². The number of benzene rings is 2. The molecule has 126 valence electrons. The van der Waals surface area contributed by atoms with Crippen LogP contribution in [0.5, 0.6) is 11.5 Å². The Kier molecular flexibility index (Phi) is 5.33. The molecule has 3 rings (SSSR count). The molecule has 0 saturated carbocycles. The molecule has 1 heterocycles. The highest BCUT2D eigenvalue weighted by atomic mass is 32.1. The van der Waals surface area contributed by atoms with Gasteiger partial charge in [0.2, 0.25) is 0 Å². The fraction of sp³-hybridized carbons (Fsp3) is 0.316. The minimum absolute atomic E-state index is 0.160. The maximum atomic E-state index is 6.06. The Morgan fingerprint density at radius 1 is 1.17 bits per heavy atom. The van der Waals surface area contributed by atoms with Crippen LogP contribution in [0.25, 0.3) is 10.2 Å². The standard InChI is InChI=1S/C19H22N2O2S/c1-3-23-16-9-6-7-13(18(16)22-2)11-14(12-20)19-21-15-8-4-5-10-17(15)24-19/h4-10,14H,3,11-12,20H2,1-2H3.